The second-order valence-corrected chi connectivity index (χ2v) is 6.89. The van der Waals surface area contributed by atoms with Crippen LogP contribution in [0.1, 0.15) is 12.8 Å². The van der Waals surface area contributed by atoms with Crippen LogP contribution in [0.25, 0.3) is 11.1 Å². The molecule has 0 atom stereocenters. The number of hydrogen-bond donors (Lipinski definition) is 3. The summed E-state index contributed by atoms with van der Waals surface area (Å²) < 4.78 is 28.6. The Kier molecular flexibility index (Phi) is 3.86. The third-order valence-electron chi connectivity index (χ3n) is 3.78. The molecule has 2 aromatic rings. The zero-order valence-electron chi connectivity index (χ0n) is 12.1. The molecule has 1 amide bonds. The van der Waals surface area contributed by atoms with Crippen molar-refractivity contribution >= 4 is 33.2 Å². The number of aromatic nitrogens is 1. The van der Waals surface area contributed by atoms with E-state index in [-0.39, 0.29) is 22.5 Å². The minimum atomic E-state index is -3.90. The van der Waals surface area contributed by atoms with Crippen LogP contribution in [0, 0.1) is 0 Å². The number of piperidine rings is 1. The van der Waals surface area contributed by atoms with Crippen molar-refractivity contribution in [2.24, 2.45) is 5.14 Å². The number of rotatable bonds is 3. The van der Waals surface area contributed by atoms with Crippen LogP contribution in [-0.4, -0.2) is 48.6 Å². The van der Waals surface area contributed by atoms with Gasteiger partial charge in [-0.15, -0.1) is 0 Å². The van der Waals surface area contributed by atoms with Crippen LogP contribution < -0.4 is 10.5 Å². The number of oxazole rings is 1. The van der Waals surface area contributed by atoms with Gasteiger partial charge >= 0.3 is 6.09 Å². The second-order valence-electron chi connectivity index (χ2n) is 5.36. The van der Waals surface area contributed by atoms with Crippen molar-refractivity contribution in [2.45, 2.75) is 23.8 Å². The lowest BCUT2D eigenvalue weighted by Crippen LogP contribution is -2.41. The van der Waals surface area contributed by atoms with Gasteiger partial charge in [0.2, 0.25) is 10.0 Å². The van der Waals surface area contributed by atoms with E-state index in [1.807, 2.05) is 0 Å². The summed E-state index contributed by atoms with van der Waals surface area (Å²) in [6, 6.07) is 4.74. The molecule has 1 aromatic carbocycles. The van der Waals surface area contributed by atoms with E-state index in [9.17, 15) is 13.2 Å². The van der Waals surface area contributed by atoms with Gasteiger partial charge in [-0.1, -0.05) is 6.07 Å². The molecule has 2 heterocycles. The Balaban J connectivity index is 1.79. The zero-order valence-corrected chi connectivity index (χ0v) is 12.9. The van der Waals surface area contributed by atoms with Gasteiger partial charge in [0.1, 0.15) is 10.4 Å². The van der Waals surface area contributed by atoms with Gasteiger partial charge in [0.15, 0.2) is 5.58 Å². The summed E-state index contributed by atoms with van der Waals surface area (Å²) in [6.07, 6.45) is 0.309. The van der Waals surface area contributed by atoms with E-state index in [0.29, 0.717) is 31.4 Å². The first-order valence-electron chi connectivity index (χ1n) is 7.01. The standard InChI is InChI=1S/C13H16N4O5S/c14-23(20,21)10-3-1-2-9-11(10)22-12(16-9)15-8-4-6-17(7-5-8)13(18)19/h1-3,8H,4-7H2,(H,15,16)(H,18,19)(H2,14,20,21). The molecule has 0 saturated carbocycles. The summed E-state index contributed by atoms with van der Waals surface area (Å²) in [6.45, 7) is 0.852. The summed E-state index contributed by atoms with van der Waals surface area (Å²) in [5.74, 6) is 0. The number of carboxylic acid groups (broad SMARTS) is 1. The van der Waals surface area contributed by atoms with Gasteiger partial charge in [-0.25, -0.2) is 18.4 Å². The number of amides is 1. The Morgan fingerprint density at radius 1 is 1.39 bits per heavy atom. The molecule has 9 nitrogen and oxygen atoms in total. The van der Waals surface area contributed by atoms with Gasteiger partial charge in [-0.3, -0.25) is 0 Å². The van der Waals surface area contributed by atoms with Crippen LogP contribution in [0.2, 0.25) is 0 Å². The molecule has 1 fully saturated rings. The average molecular weight is 340 g/mol. The number of hydrogen-bond acceptors (Lipinski definition) is 6. The van der Waals surface area contributed by atoms with E-state index in [2.05, 4.69) is 10.3 Å². The van der Waals surface area contributed by atoms with E-state index in [0.717, 1.165) is 0 Å². The lowest BCUT2D eigenvalue weighted by molar-refractivity contribution is 0.133. The number of benzene rings is 1. The van der Waals surface area contributed by atoms with Gasteiger partial charge in [0.25, 0.3) is 6.01 Å². The fourth-order valence-corrected chi connectivity index (χ4v) is 3.27. The summed E-state index contributed by atoms with van der Waals surface area (Å²) in [5.41, 5.74) is 0.502. The second kappa shape index (κ2) is 5.70. The topological polar surface area (TPSA) is 139 Å². The van der Waals surface area contributed by atoms with E-state index in [1.54, 1.807) is 12.1 Å². The molecule has 0 radical (unpaired) electrons. The number of primary sulfonamides is 1. The maximum Gasteiger partial charge on any atom is 0.407 e. The number of carbonyl (C=O) groups is 1. The number of anilines is 1. The lowest BCUT2D eigenvalue weighted by atomic mass is 10.1. The maximum atomic E-state index is 11.6. The molecular formula is C13H16N4O5S. The summed E-state index contributed by atoms with van der Waals surface area (Å²) in [7, 11) is -3.90. The monoisotopic (exact) mass is 340 g/mol. The molecule has 0 spiro atoms. The zero-order chi connectivity index (χ0) is 16.6. The van der Waals surface area contributed by atoms with Crippen LogP contribution in [0.3, 0.4) is 0 Å². The van der Waals surface area contributed by atoms with Crippen LogP contribution in [-0.2, 0) is 10.0 Å². The number of para-hydroxylation sites is 1. The molecule has 0 aliphatic carbocycles. The highest BCUT2D eigenvalue weighted by atomic mass is 32.2. The Bertz CT molecular complexity index is 839. The fraction of sp³-hybridized carbons (Fsp3) is 0.385. The molecule has 10 heteroatoms. The maximum absolute atomic E-state index is 11.6. The van der Waals surface area contributed by atoms with Crippen LogP contribution >= 0.6 is 0 Å². The normalized spacial score (nSPS) is 16.7. The lowest BCUT2D eigenvalue weighted by Gasteiger charge is -2.29. The Morgan fingerprint density at radius 2 is 2.09 bits per heavy atom. The van der Waals surface area contributed by atoms with Gasteiger partial charge in [-0.2, -0.15) is 4.98 Å². The van der Waals surface area contributed by atoms with E-state index in [4.69, 9.17) is 14.7 Å². The van der Waals surface area contributed by atoms with Crippen molar-refractivity contribution in [1.29, 1.82) is 0 Å². The molecule has 124 valence electrons. The van der Waals surface area contributed by atoms with Crippen LogP contribution in [0.15, 0.2) is 27.5 Å². The van der Waals surface area contributed by atoms with Gasteiger partial charge < -0.3 is 19.7 Å². The quantitative estimate of drug-likeness (QED) is 0.758. The number of likely N-dealkylation sites (tertiary alicyclic amines) is 1. The molecule has 4 N–H and O–H groups in total. The van der Waals surface area contributed by atoms with Crippen LogP contribution in [0.5, 0.6) is 0 Å². The first-order chi connectivity index (χ1) is 10.8. The molecule has 23 heavy (non-hydrogen) atoms. The molecule has 0 unspecified atom stereocenters. The number of fused-ring (bicyclic) bond motifs is 1. The highest BCUT2D eigenvalue weighted by Crippen LogP contribution is 2.26. The van der Waals surface area contributed by atoms with Crippen molar-refractivity contribution in [3.05, 3.63) is 18.2 Å². The van der Waals surface area contributed by atoms with Crippen LogP contribution in [0.4, 0.5) is 10.8 Å². The molecule has 1 aliphatic rings. The van der Waals surface area contributed by atoms with Crippen molar-refractivity contribution in [2.75, 3.05) is 18.4 Å². The molecule has 1 saturated heterocycles. The molecule has 0 bridgehead atoms. The third kappa shape index (κ3) is 3.22. The van der Waals surface area contributed by atoms with Gasteiger partial charge in [-0.05, 0) is 25.0 Å². The Labute approximate surface area is 132 Å². The molecular weight excluding hydrogens is 324 g/mol. The third-order valence-corrected chi connectivity index (χ3v) is 4.71. The number of nitrogens with zero attached hydrogens (tertiary/aromatic N) is 2. The minimum absolute atomic E-state index is 0.0107. The number of sulfonamides is 1. The number of nitrogens with two attached hydrogens (primary N) is 1. The van der Waals surface area contributed by atoms with Crippen molar-refractivity contribution < 1.29 is 22.7 Å². The van der Waals surface area contributed by atoms with Crippen molar-refractivity contribution in [3.8, 4) is 0 Å². The van der Waals surface area contributed by atoms with E-state index < -0.39 is 16.1 Å². The smallest absolute Gasteiger partial charge is 0.407 e. The van der Waals surface area contributed by atoms with E-state index in [1.165, 1.54) is 11.0 Å². The van der Waals surface area contributed by atoms with Gasteiger partial charge in [0.05, 0.1) is 0 Å². The Morgan fingerprint density at radius 3 is 2.70 bits per heavy atom. The van der Waals surface area contributed by atoms with E-state index >= 15 is 0 Å². The predicted molar refractivity (Wildman–Crippen MR) is 81.6 cm³/mol. The van der Waals surface area contributed by atoms with Gasteiger partial charge in [0, 0.05) is 19.1 Å². The molecule has 3 rings (SSSR count). The largest absolute Gasteiger partial charge is 0.465 e. The highest BCUT2D eigenvalue weighted by molar-refractivity contribution is 7.89. The summed E-state index contributed by atoms with van der Waals surface area (Å²) >= 11 is 0. The number of nitrogens with one attached hydrogen (secondary N) is 1. The molecule has 1 aliphatic heterocycles. The Hall–Kier alpha value is -2.33. The first-order valence-corrected chi connectivity index (χ1v) is 8.56. The van der Waals surface area contributed by atoms with Crippen molar-refractivity contribution in [1.82, 2.24) is 9.88 Å². The minimum Gasteiger partial charge on any atom is -0.465 e. The summed E-state index contributed by atoms with van der Waals surface area (Å²) in [5, 5.41) is 17.2. The average Bonchev–Trinajstić information content (AvgIpc) is 2.88. The van der Waals surface area contributed by atoms with Crippen molar-refractivity contribution in [3.63, 3.8) is 0 Å². The fourth-order valence-electron chi connectivity index (χ4n) is 2.60. The predicted octanol–water partition coefficient (Wildman–Crippen LogP) is 1.03. The first kappa shape index (κ1) is 15.6. The molecule has 1 aromatic heterocycles. The SMILES string of the molecule is NS(=O)(=O)c1cccc2nc(NC3CCN(C(=O)O)CC3)oc12. The highest BCUT2D eigenvalue weighted by Gasteiger charge is 2.24. The summed E-state index contributed by atoms with van der Waals surface area (Å²) in [4.78, 5) is 16.3.